The van der Waals surface area contributed by atoms with Crippen molar-refractivity contribution in [1.29, 1.82) is 0 Å². The van der Waals surface area contributed by atoms with E-state index in [4.69, 9.17) is 0 Å². The second kappa shape index (κ2) is 7.64. The zero-order valence-corrected chi connectivity index (χ0v) is 17.6. The molecule has 1 aliphatic rings. The highest BCUT2D eigenvalue weighted by Crippen LogP contribution is 2.33. The highest BCUT2D eigenvalue weighted by molar-refractivity contribution is 5.94. The third-order valence-electron chi connectivity index (χ3n) is 6.56. The number of hydrogen-bond donors (Lipinski definition) is 2. The van der Waals surface area contributed by atoms with Crippen LogP contribution < -0.4 is 0 Å². The number of pyridine rings is 1. The van der Waals surface area contributed by atoms with Crippen molar-refractivity contribution in [2.24, 2.45) is 0 Å². The summed E-state index contributed by atoms with van der Waals surface area (Å²) >= 11 is 0. The first-order chi connectivity index (χ1) is 15.8. The molecule has 1 aliphatic heterocycles. The summed E-state index contributed by atoms with van der Waals surface area (Å²) in [5.74, 6) is 0.454. The average molecular weight is 422 g/mol. The molecule has 158 valence electrons. The van der Waals surface area contributed by atoms with Gasteiger partial charge in [-0.05, 0) is 59.4 Å². The van der Waals surface area contributed by atoms with Crippen LogP contribution in [0.3, 0.4) is 0 Å². The lowest BCUT2D eigenvalue weighted by Gasteiger charge is -2.31. The number of benzene rings is 2. The number of H-pyrrole nitrogens is 2. The SMILES string of the molecule is O=C(c1cc(-c2ccc3ccccc3c2)n[nH]1)N1CCC(c2c[nH]c3ncccc23)CC1. The Kier molecular flexibility index (Phi) is 4.49. The van der Waals surface area contributed by atoms with Gasteiger partial charge in [-0.25, -0.2) is 4.98 Å². The van der Waals surface area contributed by atoms with Crippen molar-refractivity contribution < 1.29 is 4.79 Å². The maximum Gasteiger partial charge on any atom is 0.271 e. The third kappa shape index (κ3) is 3.24. The molecule has 0 aliphatic carbocycles. The number of aromatic amines is 2. The smallest absolute Gasteiger partial charge is 0.271 e. The van der Waals surface area contributed by atoms with Gasteiger partial charge in [0, 0.05) is 36.4 Å². The average Bonchev–Trinajstić information content (AvgIpc) is 3.51. The minimum atomic E-state index is 0.0172. The van der Waals surface area contributed by atoms with E-state index in [2.05, 4.69) is 56.7 Å². The van der Waals surface area contributed by atoms with Gasteiger partial charge < -0.3 is 9.88 Å². The number of aromatic nitrogens is 4. The Morgan fingerprint density at radius 1 is 0.969 bits per heavy atom. The molecule has 0 saturated carbocycles. The monoisotopic (exact) mass is 421 g/mol. The molecule has 32 heavy (non-hydrogen) atoms. The third-order valence-corrected chi connectivity index (χ3v) is 6.56. The van der Waals surface area contributed by atoms with Crippen LogP contribution in [0.5, 0.6) is 0 Å². The van der Waals surface area contributed by atoms with E-state index < -0.39 is 0 Å². The Morgan fingerprint density at radius 2 is 1.81 bits per heavy atom. The van der Waals surface area contributed by atoms with Crippen LogP contribution in [0.2, 0.25) is 0 Å². The maximum absolute atomic E-state index is 13.1. The van der Waals surface area contributed by atoms with Gasteiger partial charge in [0.05, 0.1) is 5.69 Å². The van der Waals surface area contributed by atoms with Crippen LogP contribution in [0.1, 0.15) is 34.8 Å². The molecule has 1 saturated heterocycles. The van der Waals surface area contributed by atoms with E-state index in [0.717, 1.165) is 48.2 Å². The number of hydrogen-bond acceptors (Lipinski definition) is 3. The number of carbonyl (C=O) groups excluding carboxylic acids is 1. The molecule has 0 atom stereocenters. The summed E-state index contributed by atoms with van der Waals surface area (Å²) in [7, 11) is 0. The standard InChI is InChI=1S/C26H23N5O/c32-26(24-15-23(29-30-24)20-8-7-17-4-1-2-5-19(17)14-20)31-12-9-18(10-13-31)22-16-28-25-21(22)6-3-11-27-25/h1-8,11,14-16,18H,9-10,12-13H2,(H,27,28)(H,29,30). The van der Waals surface area contributed by atoms with Gasteiger partial charge in [-0.1, -0.05) is 36.4 Å². The Labute approximate surface area is 185 Å². The normalized spacial score (nSPS) is 14.9. The summed E-state index contributed by atoms with van der Waals surface area (Å²) in [5.41, 5.74) is 4.58. The number of piperidine rings is 1. The second-order valence-electron chi connectivity index (χ2n) is 8.44. The number of amides is 1. The minimum absolute atomic E-state index is 0.0172. The summed E-state index contributed by atoms with van der Waals surface area (Å²) in [6, 6.07) is 20.5. The first-order valence-corrected chi connectivity index (χ1v) is 11.0. The Morgan fingerprint density at radius 3 is 2.69 bits per heavy atom. The van der Waals surface area contributed by atoms with Gasteiger partial charge in [0.1, 0.15) is 11.3 Å². The van der Waals surface area contributed by atoms with Gasteiger partial charge in [0.15, 0.2) is 0 Å². The Bertz CT molecular complexity index is 1420. The van der Waals surface area contributed by atoms with Gasteiger partial charge in [0.2, 0.25) is 0 Å². The van der Waals surface area contributed by atoms with Crippen molar-refractivity contribution in [2.75, 3.05) is 13.1 Å². The Hall–Kier alpha value is -3.93. The summed E-state index contributed by atoms with van der Waals surface area (Å²) in [6.45, 7) is 1.47. The molecule has 4 heterocycles. The van der Waals surface area contributed by atoms with Crippen LogP contribution in [0, 0.1) is 0 Å². The first kappa shape index (κ1) is 18.8. The minimum Gasteiger partial charge on any atom is -0.346 e. The highest BCUT2D eigenvalue weighted by Gasteiger charge is 2.27. The number of nitrogens with zero attached hydrogens (tertiary/aromatic N) is 3. The van der Waals surface area contributed by atoms with Crippen LogP contribution in [0.15, 0.2) is 73.1 Å². The van der Waals surface area contributed by atoms with E-state index in [0.29, 0.717) is 11.6 Å². The van der Waals surface area contributed by atoms with Gasteiger partial charge in [-0.15, -0.1) is 0 Å². The molecule has 3 aromatic heterocycles. The van der Waals surface area contributed by atoms with Crippen molar-refractivity contribution in [3.05, 3.63) is 84.3 Å². The molecule has 0 unspecified atom stereocenters. The topological polar surface area (TPSA) is 77.7 Å². The van der Waals surface area contributed by atoms with Crippen molar-refractivity contribution in [1.82, 2.24) is 25.1 Å². The van der Waals surface area contributed by atoms with Gasteiger partial charge in [-0.3, -0.25) is 9.89 Å². The van der Waals surface area contributed by atoms with E-state index in [1.165, 1.54) is 16.3 Å². The summed E-state index contributed by atoms with van der Waals surface area (Å²) in [5, 5.41) is 10.9. The lowest BCUT2D eigenvalue weighted by Crippen LogP contribution is -2.38. The Balaban J connectivity index is 1.17. The van der Waals surface area contributed by atoms with E-state index in [1.54, 1.807) is 6.20 Å². The first-order valence-electron chi connectivity index (χ1n) is 11.0. The second-order valence-corrected chi connectivity index (χ2v) is 8.44. The van der Waals surface area contributed by atoms with Gasteiger partial charge >= 0.3 is 0 Å². The van der Waals surface area contributed by atoms with E-state index in [9.17, 15) is 4.79 Å². The van der Waals surface area contributed by atoms with E-state index >= 15 is 0 Å². The quantitative estimate of drug-likeness (QED) is 0.424. The van der Waals surface area contributed by atoms with Crippen molar-refractivity contribution in [3.8, 4) is 11.3 Å². The zero-order valence-electron chi connectivity index (χ0n) is 17.6. The van der Waals surface area contributed by atoms with Crippen LogP contribution >= 0.6 is 0 Å². The molecule has 0 spiro atoms. The number of carbonyl (C=O) groups is 1. The van der Waals surface area contributed by atoms with E-state index in [-0.39, 0.29) is 5.91 Å². The van der Waals surface area contributed by atoms with Crippen molar-refractivity contribution >= 4 is 27.7 Å². The fraction of sp³-hybridized carbons (Fsp3) is 0.192. The molecule has 2 N–H and O–H groups in total. The fourth-order valence-corrected chi connectivity index (χ4v) is 4.81. The van der Waals surface area contributed by atoms with Crippen molar-refractivity contribution in [2.45, 2.75) is 18.8 Å². The maximum atomic E-state index is 13.1. The number of likely N-dealkylation sites (tertiary alicyclic amines) is 1. The number of rotatable bonds is 3. The molecule has 2 aromatic carbocycles. The molecule has 6 nitrogen and oxygen atoms in total. The lowest BCUT2D eigenvalue weighted by molar-refractivity contribution is 0.0707. The highest BCUT2D eigenvalue weighted by atomic mass is 16.2. The van der Waals surface area contributed by atoms with E-state index in [1.807, 2.05) is 35.2 Å². The fourth-order valence-electron chi connectivity index (χ4n) is 4.81. The zero-order chi connectivity index (χ0) is 21.5. The molecule has 1 fully saturated rings. The van der Waals surface area contributed by atoms with Crippen LogP contribution in [-0.2, 0) is 0 Å². The molecule has 6 rings (SSSR count). The molecule has 5 aromatic rings. The summed E-state index contributed by atoms with van der Waals surface area (Å²) in [4.78, 5) is 22.7. The van der Waals surface area contributed by atoms with Gasteiger partial charge in [-0.2, -0.15) is 5.10 Å². The largest absolute Gasteiger partial charge is 0.346 e. The number of fused-ring (bicyclic) bond motifs is 2. The molecular weight excluding hydrogens is 398 g/mol. The summed E-state index contributed by atoms with van der Waals surface area (Å²) in [6.07, 6.45) is 5.77. The lowest BCUT2D eigenvalue weighted by atomic mass is 9.89. The van der Waals surface area contributed by atoms with Crippen LogP contribution in [-0.4, -0.2) is 44.1 Å². The molecule has 0 radical (unpaired) electrons. The van der Waals surface area contributed by atoms with Gasteiger partial charge in [0.25, 0.3) is 5.91 Å². The van der Waals surface area contributed by atoms with Crippen LogP contribution in [0.25, 0.3) is 33.1 Å². The summed E-state index contributed by atoms with van der Waals surface area (Å²) < 4.78 is 0. The molecule has 1 amide bonds. The predicted molar refractivity (Wildman–Crippen MR) is 126 cm³/mol. The molecular formula is C26H23N5O. The molecule has 6 heteroatoms. The van der Waals surface area contributed by atoms with Crippen LogP contribution in [0.4, 0.5) is 0 Å². The molecule has 0 bridgehead atoms. The van der Waals surface area contributed by atoms with Crippen molar-refractivity contribution in [3.63, 3.8) is 0 Å². The number of nitrogens with one attached hydrogen (secondary N) is 2. The predicted octanol–water partition coefficient (Wildman–Crippen LogP) is 5.13.